The highest BCUT2D eigenvalue weighted by molar-refractivity contribution is 7.89. The van der Waals surface area contributed by atoms with Crippen LogP contribution in [0.15, 0.2) is 23.1 Å². The van der Waals surface area contributed by atoms with E-state index in [1.165, 1.54) is 16.4 Å². The first-order valence-corrected chi connectivity index (χ1v) is 8.41. The summed E-state index contributed by atoms with van der Waals surface area (Å²) in [6.07, 6.45) is 4.77. The Hall–Kier alpha value is -1.67. The SMILES string of the molecule is Nc1ccc(S(=O)(=O)N2CCCCCCC2)cc1[N+](=O)[O-]. The van der Waals surface area contributed by atoms with E-state index in [9.17, 15) is 18.5 Å². The molecule has 0 spiro atoms. The van der Waals surface area contributed by atoms with Crippen molar-refractivity contribution < 1.29 is 13.3 Å². The normalized spacial score (nSPS) is 17.9. The number of anilines is 1. The number of nitrogens with zero attached hydrogens (tertiary/aromatic N) is 2. The van der Waals surface area contributed by atoms with E-state index in [1.54, 1.807) is 0 Å². The van der Waals surface area contributed by atoms with Crippen molar-refractivity contribution in [3.05, 3.63) is 28.3 Å². The smallest absolute Gasteiger partial charge is 0.293 e. The Morgan fingerprint density at radius 2 is 1.67 bits per heavy atom. The van der Waals surface area contributed by atoms with Crippen molar-refractivity contribution >= 4 is 21.4 Å². The largest absolute Gasteiger partial charge is 0.393 e. The summed E-state index contributed by atoms with van der Waals surface area (Å²) in [4.78, 5) is 10.2. The molecule has 1 heterocycles. The molecule has 8 heteroatoms. The summed E-state index contributed by atoms with van der Waals surface area (Å²) in [5.74, 6) is 0. The highest BCUT2D eigenvalue weighted by Crippen LogP contribution is 2.27. The minimum atomic E-state index is -3.70. The van der Waals surface area contributed by atoms with E-state index in [-0.39, 0.29) is 16.3 Å². The Labute approximate surface area is 123 Å². The van der Waals surface area contributed by atoms with Gasteiger partial charge in [-0.05, 0) is 25.0 Å². The summed E-state index contributed by atoms with van der Waals surface area (Å²) >= 11 is 0. The van der Waals surface area contributed by atoms with Gasteiger partial charge in [0, 0.05) is 19.2 Å². The first-order valence-electron chi connectivity index (χ1n) is 6.97. The number of sulfonamides is 1. The van der Waals surface area contributed by atoms with Crippen LogP contribution in [0.4, 0.5) is 11.4 Å². The molecule has 1 fully saturated rings. The lowest BCUT2D eigenvalue weighted by molar-refractivity contribution is -0.384. The predicted octanol–water partition coefficient (Wildman–Crippen LogP) is 2.13. The number of hydrogen-bond donors (Lipinski definition) is 1. The van der Waals surface area contributed by atoms with Gasteiger partial charge in [0.15, 0.2) is 0 Å². The second kappa shape index (κ2) is 6.40. The summed E-state index contributed by atoms with van der Waals surface area (Å²) in [5.41, 5.74) is 5.10. The van der Waals surface area contributed by atoms with E-state index in [0.717, 1.165) is 38.2 Å². The predicted molar refractivity (Wildman–Crippen MR) is 79.4 cm³/mol. The van der Waals surface area contributed by atoms with Gasteiger partial charge >= 0.3 is 0 Å². The number of rotatable bonds is 3. The summed E-state index contributed by atoms with van der Waals surface area (Å²) in [6.45, 7) is 0.918. The molecule has 0 unspecified atom stereocenters. The van der Waals surface area contributed by atoms with Crippen molar-refractivity contribution in [2.75, 3.05) is 18.8 Å². The zero-order chi connectivity index (χ0) is 15.5. The van der Waals surface area contributed by atoms with E-state index >= 15 is 0 Å². The molecular formula is C13H19N3O4S. The van der Waals surface area contributed by atoms with Crippen molar-refractivity contribution in [2.45, 2.75) is 37.0 Å². The van der Waals surface area contributed by atoms with Crippen LogP contribution in [0.3, 0.4) is 0 Å². The van der Waals surface area contributed by atoms with Crippen molar-refractivity contribution in [1.29, 1.82) is 0 Å². The summed E-state index contributed by atoms with van der Waals surface area (Å²) in [6, 6.07) is 3.65. The summed E-state index contributed by atoms with van der Waals surface area (Å²) in [5, 5.41) is 10.9. The Morgan fingerprint density at radius 3 is 2.24 bits per heavy atom. The molecule has 0 aliphatic carbocycles. The molecule has 0 bridgehead atoms. The fourth-order valence-electron chi connectivity index (χ4n) is 2.45. The maximum atomic E-state index is 12.6. The Bertz CT molecular complexity index is 622. The van der Waals surface area contributed by atoms with Gasteiger partial charge in [-0.1, -0.05) is 19.3 Å². The van der Waals surface area contributed by atoms with Crippen molar-refractivity contribution in [3.8, 4) is 0 Å². The average molecular weight is 313 g/mol. The maximum Gasteiger partial charge on any atom is 0.293 e. The second-order valence-electron chi connectivity index (χ2n) is 5.15. The molecule has 2 N–H and O–H groups in total. The molecule has 1 aromatic rings. The second-order valence-corrected chi connectivity index (χ2v) is 7.09. The third-order valence-corrected chi connectivity index (χ3v) is 5.55. The van der Waals surface area contributed by atoms with Crippen LogP contribution < -0.4 is 5.73 Å². The van der Waals surface area contributed by atoms with Gasteiger partial charge in [0.25, 0.3) is 5.69 Å². The van der Waals surface area contributed by atoms with Crippen LogP contribution in [0.25, 0.3) is 0 Å². The van der Waals surface area contributed by atoms with Crippen LogP contribution >= 0.6 is 0 Å². The standard InChI is InChI=1S/C13H19N3O4S/c14-12-7-6-11(10-13(12)16(17)18)21(19,20)15-8-4-2-1-3-5-9-15/h6-7,10H,1-5,8-9,14H2. The molecule has 0 amide bonds. The fourth-order valence-corrected chi connectivity index (χ4v) is 3.99. The topological polar surface area (TPSA) is 107 Å². The number of nitrogen functional groups attached to an aromatic ring is 1. The first-order chi connectivity index (χ1) is 9.93. The van der Waals surface area contributed by atoms with Crippen molar-refractivity contribution in [1.82, 2.24) is 4.31 Å². The van der Waals surface area contributed by atoms with Gasteiger partial charge in [0.2, 0.25) is 10.0 Å². The molecule has 1 aliphatic heterocycles. The maximum absolute atomic E-state index is 12.6. The van der Waals surface area contributed by atoms with Gasteiger partial charge in [-0.15, -0.1) is 0 Å². The Balaban J connectivity index is 2.34. The van der Waals surface area contributed by atoms with Crippen LogP contribution in [0.2, 0.25) is 0 Å². The highest BCUT2D eigenvalue weighted by atomic mass is 32.2. The van der Waals surface area contributed by atoms with Crippen molar-refractivity contribution in [2.24, 2.45) is 0 Å². The molecule has 0 radical (unpaired) electrons. The van der Waals surface area contributed by atoms with E-state index in [0.29, 0.717) is 13.1 Å². The van der Waals surface area contributed by atoms with Gasteiger partial charge < -0.3 is 5.73 Å². The third kappa shape index (κ3) is 3.51. The van der Waals surface area contributed by atoms with Crippen LogP contribution in [-0.2, 0) is 10.0 Å². The number of benzene rings is 1. The molecule has 116 valence electrons. The number of nitro benzene ring substituents is 1. The Kier molecular flexibility index (Phi) is 4.79. The van der Waals surface area contributed by atoms with Gasteiger partial charge in [-0.3, -0.25) is 10.1 Å². The number of hydrogen-bond acceptors (Lipinski definition) is 5. The van der Waals surface area contributed by atoms with Gasteiger partial charge in [-0.25, -0.2) is 8.42 Å². The van der Waals surface area contributed by atoms with Crippen LogP contribution in [0.5, 0.6) is 0 Å². The molecule has 21 heavy (non-hydrogen) atoms. The molecule has 0 saturated carbocycles. The average Bonchev–Trinajstić information content (AvgIpc) is 2.37. The molecular weight excluding hydrogens is 294 g/mol. The lowest BCUT2D eigenvalue weighted by Crippen LogP contribution is -2.33. The highest BCUT2D eigenvalue weighted by Gasteiger charge is 2.27. The van der Waals surface area contributed by atoms with E-state index in [2.05, 4.69) is 0 Å². The summed E-state index contributed by atoms with van der Waals surface area (Å²) < 4.78 is 26.6. The van der Waals surface area contributed by atoms with Crippen LogP contribution in [0, 0.1) is 10.1 Å². The monoisotopic (exact) mass is 313 g/mol. The molecule has 1 saturated heterocycles. The van der Waals surface area contributed by atoms with E-state index < -0.39 is 14.9 Å². The quantitative estimate of drug-likeness (QED) is 0.522. The lowest BCUT2D eigenvalue weighted by atomic mass is 10.1. The first kappa shape index (κ1) is 15.7. The minimum absolute atomic E-state index is 0.0355. The molecule has 0 aromatic heterocycles. The molecule has 2 rings (SSSR count). The minimum Gasteiger partial charge on any atom is -0.393 e. The third-order valence-electron chi connectivity index (χ3n) is 3.65. The van der Waals surface area contributed by atoms with Gasteiger partial charge in [-0.2, -0.15) is 4.31 Å². The molecule has 1 aliphatic rings. The van der Waals surface area contributed by atoms with Crippen LogP contribution in [-0.4, -0.2) is 30.7 Å². The lowest BCUT2D eigenvalue weighted by Gasteiger charge is -2.24. The molecule has 0 atom stereocenters. The number of nitrogens with two attached hydrogens (primary N) is 1. The fraction of sp³-hybridized carbons (Fsp3) is 0.538. The van der Waals surface area contributed by atoms with Crippen LogP contribution in [0.1, 0.15) is 32.1 Å². The molecule has 7 nitrogen and oxygen atoms in total. The summed E-state index contributed by atoms with van der Waals surface area (Å²) in [7, 11) is -3.70. The van der Waals surface area contributed by atoms with Crippen molar-refractivity contribution in [3.63, 3.8) is 0 Å². The molecule has 1 aromatic carbocycles. The van der Waals surface area contributed by atoms with E-state index in [1.807, 2.05) is 0 Å². The zero-order valence-electron chi connectivity index (χ0n) is 11.7. The van der Waals surface area contributed by atoms with E-state index in [4.69, 9.17) is 5.73 Å². The van der Waals surface area contributed by atoms with Gasteiger partial charge in [0.05, 0.1) is 9.82 Å². The zero-order valence-corrected chi connectivity index (χ0v) is 12.5. The Morgan fingerprint density at radius 1 is 1.10 bits per heavy atom. The number of nitro groups is 1. The van der Waals surface area contributed by atoms with Gasteiger partial charge in [0.1, 0.15) is 5.69 Å².